The van der Waals surface area contributed by atoms with E-state index in [0.717, 1.165) is 17.9 Å². The molecule has 0 spiro atoms. The molecule has 3 atom stereocenters. The van der Waals surface area contributed by atoms with Crippen LogP contribution in [0.15, 0.2) is 0 Å². The zero-order valence-corrected chi connectivity index (χ0v) is 13.6. The Morgan fingerprint density at radius 2 is 2.00 bits per heavy atom. The molecule has 2 rings (SSSR count). The number of hydrogen-bond acceptors (Lipinski definition) is 3. The van der Waals surface area contributed by atoms with Gasteiger partial charge >= 0.3 is 0 Å². The third-order valence-corrected chi connectivity index (χ3v) is 5.34. The zero-order valence-electron chi connectivity index (χ0n) is 13.6. The van der Waals surface area contributed by atoms with E-state index in [1.165, 1.54) is 45.6 Å². The summed E-state index contributed by atoms with van der Waals surface area (Å²) >= 11 is 0. The van der Waals surface area contributed by atoms with Crippen molar-refractivity contribution in [3.63, 3.8) is 0 Å². The predicted octanol–water partition coefficient (Wildman–Crippen LogP) is 1.89. The zero-order chi connectivity index (χ0) is 14.0. The topological polar surface area (TPSA) is 18.5 Å². The first kappa shape index (κ1) is 15.3. The van der Waals surface area contributed by atoms with Gasteiger partial charge in [-0.2, -0.15) is 0 Å². The molecule has 3 heteroatoms. The molecule has 0 amide bonds. The van der Waals surface area contributed by atoms with Crippen molar-refractivity contribution in [3.8, 4) is 0 Å². The summed E-state index contributed by atoms with van der Waals surface area (Å²) in [5.74, 6) is 1.64. The number of hydrogen-bond donors (Lipinski definition) is 1. The van der Waals surface area contributed by atoms with Crippen molar-refractivity contribution < 1.29 is 0 Å². The molecule has 2 aliphatic heterocycles. The molecule has 112 valence electrons. The summed E-state index contributed by atoms with van der Waals surface area (Å²) in [6.07, 6.45) is 2.76. The third-order valence-electron chi connectivity index (χ3n) is 5.34. The lowest BCUT2D eigenvalue weighted by atomic mass is 9.74. The van der Waals surface area contributed by atoms with Crippen LogP contribution in [-0.4, -0.2) is 62.7 Å². The first-order valence-corrected chi connectivity index (χ1v) is 7.99. The predicted molar refractivity (Wildman–Crippen MR) is 82.5 cm³/mol. The standard InChI is InChI=1S/C16H33N3/c1-13-10-19(11-15(13)18(4)5)12-16(2,3)14-7-6-8-17-9-14/h13-15,17H,6-12H2,1-5H3. The van der Waals surface area contributed by atoms with Gasteiger partial charge in [-0.1, -0.05) is 20.8 Å². The van der Waals surface area contributed by atoms with E-state index < -0.39 is 0 Å². The van der Waals surface area contributed by atoms with Crippen molar-refractivity contribution in [3.05, 3.63) is 0 Å². The van der Waals surface area contributed by atoms with Crippen molar-refractivity contribution >= 4 is 0 Å². The van der Waals surface area contributed by atoms with Gasteiger partial charge in [-0.05, 0) is 57.3 Å². The number of nitrogens with one attached hydrogen (secondary N) is 1. The monoisotopic (exact) mass is 267 g/mol. The maximum absolute atomic E-state index is 3.57. The van der Waals surface area contributed by atoms with E-state index in [1.807, 2.05) is 0 Å². The van der Waals surface area contributed by atoms with Crippen LogP contribution in [0.2, 0.25) is 0 Å². The highest BCUT2D eigenvalue weighted by atomic mass is 15.2. The lowest BCUT2D eigenvalue weighted by Gasteiger charge is -2.40. The molecule has 0 aromatic heterocycles. The van der Waals surface area contributed by atoms with Crippen molar-refractivity contribution in [2.24, 2.45) is 17.3 Å². The van der Waals surface area contributed by atoms with Gasteiger partial charge in [0.1, 0.15) is 0 Å². The molecule has 0 aliphatic carbocycles. The average molecular weight is 267 g/mol. The minimum absolute atomic E-state index is 0.439. The molecule has 2 saturated heterocycles. The average Bonchev–Trinajstić information content (AvgIpc) is 2.71. The molecule has 3 unspecified atom stereocenters. The van der Waals surface area contributed by atoms with Gasteiger partial charge in [-0.3, -0.25) is 0 Å². The Morgan fingerprint density at radius 3 is 2.53 bits per heavy atom. The first-order chi connectivity index (χ1) is 8.90. The van der Waals surface area contributed by atoms with E-state index in [0.29, 0.717) is 5.41 Å². The number of piperidine rings is 1. The lowest BCUT2D eigenvalue weighted by Crippen LogP contribution is -2.44. The van der Waals surface area contributed by atoms with Gasteiger partial charge in [0, 0.05) is 25.7 Å². The van der Waals surface area contributed by atoms with E-state index in [4.69, 9.17) is 0 Å². The minimum Gasteiger partial charge on any atom is -0.316 e. The number of likely N-dealkylation sites (N-methyl/N-ethyl adjacent to an activating group) is 1. The minimum atomic E-state index is 0.439. The second-order valence-corrected chi connectivity index (χ2v) is 7.73. The van der Waals surface area contributed by atoms with E-state index >= 15 is 0 Å². The molecular formula is C16H33N3. The highest BCUT2D eigenvalue weighted by Crippen LogP contribution is 2.34. The van der Waals surface area contributed by atoms with Crippen LogP contribution in [0.5, 0.6) is 0 Å². The van der Waals surface area contributed by atoms with Gasteiger partial charge in [-0.15, -0.1) is 0 Å². The molecular weight excluding hydrogens is 234 g/mol. The normalized spacial score (nSPS) is 34.1. The van der Waals surface area contributed by atoms with Crippen molar-refractivity contribution in [1.82, 2.24) is 15.1 Å². The fourth-order valence-corrected chi connectivity index (χ4v) is 4.07. The van der Waals surface area contributed by atoms with Crippen LogP contribution >= 0.6 is 0 Å². The molecule has 2 aliphatic rings. The molecule has 0 saturated carbocycles. The lowest BCUT2D eigenvalue weighted by molar-refractivity contribution is 0.109. The van der Waals surface area contributed by atoms with Gasteiger partial charge in [0.2, 0.25) is 0 Å². The van der Waals surface area contributed by atoms with Crippen LogP contribution in [0.3, 0.4) is 0 Å². The Bertz CT molecular complexity index is 282. The molecule has 1 N–H and O–H groups in total. The summed E-state index contributed by atoms with van der Waals surface area (Å²) in [5.41, 5.74) is 0.439. The fourth-order valence-electron chi connectivity index (χ4n) is 4.07. The van der Waals surface area contributed by atoms with Gasteiger partial charge in [0.05, 0.1) is 0 Å². The third kappa shape index (κ3) is 3.71. The number of rotatable bonds is 4. The van der Waals surface area contributed by atoms with Gasteiger partial charge in [0.15, 0.2) is 0 Å². The van der Waals surface area contributed by atoms with Gasteiger partial charge < -0.3 is 15.1 Å². The molecule has 19 heavy (non-hydrogen) atoms. The van der Waals surface area contributed by atoms with Crippen molar-refractivity contribution in [2.75, 3.05) is 46.8 Å². The van der Waals surface area contributed by atoms with Crippen molar-refractivity contribution in [1.29, 1.82) is 0 Å². The Kier molecular flexibility index (Phi) is 4.91. The molecule has 3 nitrogen and oxygen atoms in total. The van der Waals surface area contributed by atoms with E-state index in [2.05, 4.69) is 50.0 Å². The Morgan fingerprint density at radius 1 is 1.26 bits per heavy atom. The SMILES string of the molecule is CC1CN(CC(C)(C)C2CCCNC2)CC1N(C)C. The Balaban J connectivity index is 1.89. The van der Waals surface area contributed by atoms with Crippen LogP contribution in [0, 0.1) is 17.3 Å². The summed E-state index contributed by atoms with van der Waals surface area (Å²) in [5, 5.41) is 3.57. The number of likely N-dealkylation sites (tertiary alicyclic amines) is 1. The van der Waals surface area contributed by atoms with Crippen LogP contribution < -0.4 is 5.32 Å². The summed E-state index contributed by atoms with van der Waals surface area (Å²) < 4.78 is 0. The molecule has 2 heterocycles. The van der Waals surface area contributed by atoms with E-state index in [9.17, 15) is 0 Å². The summed E-state index contributed by atoms with van der Waals surface area (Å²) in [6, 6.07) is 0.736. The first-order valence-electron chi connectivity index (χ1n) is 7.99. The fraction of sp³-hybridized carbons (Fsp3) is 1.00. The largest absolute Gasteiger partial charge is 0.316 e. The second-order valence-electron chi connectivity index (χ2n) is 7.73. The summed E-state index contributed by atoms with van der Waals surface area (Å²) in [6.45, 7) is 13.6. The highest BCUT2D eigenvalue weighted by molar-refractivity contribution is 4.91. The molecule has 0 aromatic rings. The second kappa shape index (κ2) is 6.11. The van der Waals surface area contributed by atoms with E-state index in [1.54, 1.807) is 0 Å². The van der Waals surface area contributed by atoms with Gasteiger partial charge in [0.25, 0.3) is 0 Å². The molecule has 0 aromatic carbocycles. The molecule has 2 fully saturated rings. The molecule has 0 radical (unpaired) electrons. The van der Waals surface area contributed by atoms with E-state index in [-0.39, 0.29) is 0 Å². The summed E-state index contributed by atoms with van der Waals surface area (Å²) in [4.78, 5) is 5.10. The van der Waals surface area contributed by atoms with Crippen LogP contribution in [0.1, 0.15) is 33.6 Å². The highest BCUT2D eigenvalue weighted by Gasteiger charge is 2.37. The Hall–Kier alpha value is -0.120. The maximum Gasteiger partial charge on any atom is 0.0254 e. The smallest absolute Gasteiger partial charge is 0.0254 e. The van der Waals surface area contributed by atoms with Crippen molar-refractivity contribution in [2.45, 2.75) is 39.7 Å². The van der Waals surface area contributed by atoms with Crippen LogP contribution in [-0.2, 0) is 0 Å². The van der Waals surface area contributed by atoms with Crippen LogP contribution in [0.25, 0.3) is 0 Å². The van der Waals surface area contributed by atoms with Crippen LogP contribution in [0.4, 0.5) is 0 Å². The maximum atomic E-state index is 3.57. The number of nitrogens with zero attached hydrogens (tertiary/aromatic N) is 2. The Labute approximate surface area is 119 Å². The molecule has 0 bridgehead atoms. The van der Waals surface area contributed by atoms with Gasteiger partial charge in [-0.25, -0.2) is 0 Å². The quantitative estimate of drug-likeness (QED) is 0.839. The summed E-state index contributed by atoms with van der Waals surface area (Å²) in [7, 11) is 4.45.